The van der Waals surface area contributed by atoms with Gasteiger partial charge in [-0.1, -0.05) is 13.3 Å². The Morgan fingerprint density at radius 3 is 2.58 bits per heavy atom. The van der Waals surface area contributed by atoms with Crippen LogP contribution in [-0.4, -0.2) is 23.3 Å². The second-order valence-electron chi connectivity index (χ2n) is 4.53. The Labute approximate surface area is 75.4 Å². The van der Waals surface area contributed by atoms with Gasteiger partial charge in [-0.05, 0) is 39.2 Å². The molecule has 1 aliphatic carbocycles. The molecule has 2 nitrogen and oxygen atoms in total. The second kappa shape index (κ2) is 3.75. The Morgan fingerprint density at radius 2 is 2.17 bits per heavy atom. The van der Waals surface area contributed by atoms with Crippen molar-refractivity contribution in [2.75, 3.05) is 6.54 Å². The zero-order valence-electron chi connectivity index (χ0n) is 8.43. The summed E-state index contributed by atoms with van der Waals surface area (Å²) in [5, 5.41) is 12.9. The molecule has 0 aromatic carbocycles. The molecule has 0 amide bonds. The smallest absolute Gasteiger partial charge is 0.0603 e. The molecule has 0 aliphatic heterocycles. The van der Waals surface area contributed by atoms with Gasteiger partial charge in [0.15, 0.2) is 0 Å². The van der Waals surface area contributed by atoms with Crippen LogP contribution in [-0.2, 0) is 0 Å². The highest BCUT2D eigenvalue weighted by atomic mass is 16.3. The molecule has 2 N–H and O–H groups in total. The van der Waals surface area contributed by atoms with Gasteiger partial charge in [-0.15, -0.1) is 0 Å². The first-order valence-electron chi connectivity index (χ1n) is 4.98. The molecule has 0 aromatic rings. The van der Waals surface area contributed by atoms with Crippen LogP contribution in [0.3, 0.4) is 0 Å². The Bertz CT molecular complexity index is 139. The topological polar surface area (TPSA) is 32.3 Å². The fourth-order valence-electron chi connectivity index (χ4n) is 1.51. The van der Waals surface area contributed by atoms with Gasteiger partial charge in [0.2, 0.25) is 0 Å². The maximum atomic E-state index is 9.43. The second-order valence-corrected chi connectivity index (χ2v) is 4.53. The largest absolute Gasteiger partial charge is 0.390 e. The maximum Gasteiger partial charge on any atom is 0.0603 e. The average Bonchev–Trinajstić information content (AvgIpc) is 2.64. The van der Waals surface area contributed by atoms with Crippen LogP contribution in [0.2, 0.25) is 0 Å². The SMILES string of the molecule is CCC1CC1NCCC(C)(C)O. The van der Waals surface area contributed by atoms with Gasteiger partial charge in [0.25, 0.3) is 0 Å². The van der Waals surface area contributed by atoms with Gasteiger partial charge in [0.1, 0.15) is 0 Å². The van der Waals surface area contributed by atoms with E-state index in [-0.39, 0.29) is 0 Å². The Balaban J connectivity index is 1.98. The molecule has 0 saturated heterocycles. The minimum absolute atomic E-state index is 0.510. The van der Waals surface area contributed by atoms with Gasteiger partial charge in [0.05, 0.1) is 5.60 Å². The van der Waals surface area contributed by atoms with Crippen molar-refractivity contribution in [2.24, 2.45) is 5.92 Å². The van der Waals surface area contributed by atoms with E-state index in [4.69, 9.17) is 0 Å². The monoisotopic (exact) mass is 171 g/mol. The zero-order chi connectivity index (χ0) is 9.19. The van der Waals surface area contributed by atoms with Crippen molar-refractivity contribution in [1.82, 2.24) is 5.32 Å². The van der Waals surface area contributed by atoms with E-state index < -0.39 is 5.60 Å². The summed E-state index contributed by atoms with van der Waals surface area (Å²) in [5.74, 6) is 0.909. The lowest BCUT2D eigenvalue weighted by Crippen LogP contribution is -2.28. The summed E-state index contributed by atoms with van der Waals surface area (Å²) in [6.07, 6.45) is 3.47. The number of nitrogens with one attached hydrogen (secondary N) is 1. The average molecular weight is 171 g/mol. The van der Waals surface area contributed by atoms with Gasteiger partial charge in [-0.2, -0.15) is 0 Å². The molecule has 0 radical (unpaired) electrons. The highest BCUT2D eigenvalue weighted by Crippen LogP contribution is 2.32. The molecular weight excluding hydrogens is 150 g/mol. The number of aliphatic hydroxyl groups is 1. The molecule has 72 valence electrons. The first kappa shape index (κ1) is 10.0. The van der Waals surface area contributed by atoms with Gasteiger partial charge in [0, 0.05) is 6.04 Å². The predicted octanol–water partition coefficient (Wildman–Crippen LogP) is 1.54. The van der Waals surface area contributed by atoms with E-state index in [1.54, 1.807) is 0 Å². The summed E-state index contributed by atoms with van der Waals surface area (Å²) in [5.41, 5.74) is -0.510. The summed E-state index contributed by atoms with van der Waals surface area (Å²) < 4.78 is 0. The van der Waals surface area contributed by atoms with Crippen LogP contribution in [0.1, 0.15) is 40.0 Å². The van der Waals surface area contributed by atoms with Crippen molar-refractivity contribution < 1.29 is 5.11 Å². The summed E-state index contributed by atoms with van der Waals surface area (Å²) in [4.78, 5) is 0. The molecule has 2 heteroatoms. The van der Waals surface area contributed by atoms with Crippen LogP contribution in [0.25, 0.3) is 0 Å². The first-order valence-corrected chi connectivity index (χ1v) is 4.98. The third-order valence-corrected chi connectivity index (χ3v) is 2.59. The van der Waals surface area contributed by atoms with E-state index in [9.17, 15) is 5.11 Å². The molecule has 0 aromatic heterocycles. The summed E-state index contributed by atoms with van der Waals surface area (Å²) in [7, 11) is 0. The normalized spacial score (nSPS) is 29.0. The van der Waals surface area contributed by atoms with E-state index in [1.165, 1.54) is 12.8 Å². The predicted molar refractivity (Wildman–Crippen MR) is 51.1 cm³/mol. The Morgan fingerprint density at radius 1 is 1.50 bits per heavy atom. The van der Waals surface area contributed by atoms with Crippen LogP contribution in [0.5, 0.6) is 0 Å². The van der Waals surface area contributed by atoms with Crippen molar-refractivity contribution in [3.8, 4) is 0 Å². The van der Waals surface area contributed by atoms with Crippen LogP contribution < -0.4 is 5.32 Å². The molecule has 0 bridgehead atoms. The lowest BCUT2D eigenvalue weighted by atomic mass is 10.1. The number of rotatable bonds is 5. The van der Waals surface area contributed by atoms with Gasteiger partial charge < -0.3 is 10.4 Å². The summed E-state index contributed by atoms with van der Waals surface area (Å²) in [6.45, 7) is 6.91. The number of hydrogen-bond donors (Lipinski definition) is 2. The quantitative estimate of drug-likeness (QED) is 0.657. The van der Waals surface area contributed by atoms with E-state index in [0.717, 1.165) is 24.9 Å². The molecule has 2 unspecified atom stereocenters. The molecular formula is C10H21NO. The lowest BCUT2D eigenvalue weighted by Gasteiger charge is -2.16. The van der Waals surface area contributed by atoms with Gasteiger partial charge in [-0.3, -0.25) is 0 Å². The van der Waals surface area contributed by atoms with Crippen molar-refractivity contribution in [1.29, 1.82) is 0 Å². The van der Waals surface area contributed by atoms with Crippen LogP contribution in [0.15, 0.2) is 0 Å². The Hall–Kier alpha value is -0.0800. The van der Waals surface area contributed by atoms with Crippen LogP contribution >= 0.6 is 0 Å². The molecule has 2 atom stereocenters. The molecule has 1 fully saturated rings. The van der Waals surface area contributed by atoms with Crippen LogP contribution in [0.4, 0.5) is 0 Å². The zero-order valence-corrected chi connectivity index (χ0v) is 8.43. The van der Waals surface area contributed by atoms with Crippen molar-refractivity contribution in [3.05, 3.63) is 0 Å². The third-order valence-electron chi connectivity index (χ3n) is 2.59. The lowest BCUT2D eigenvalue weighted by molar-refractivity contribution is 0.0710. The van der Waals surface area contributed by atoms with E-state index in [1.807, 2.05) is 13.8 Å². The molecule has 0 spiro atoms. The molecule has 0 heterocycles. The van der Waals surface area contributed by atoms with Crippen molar-refractivity contribution >= 4 is 0 Å². The van der Waals surface area contributed by atoms with E-state index in [2.05, 4.69) is 12.2 Å². The third kappa shape index (κ3) is 3.55. The van der Waals surface area contributed by atoms with Crippen LogP contribution in [0, 0.1) is 5.92 Å². The fraction of sp³-hybridized carbons (Fsp3) is 1.00. The minimum atomic E-state index is -0.510. The maximum absolute atomic E-state index is 9.43. The molecule has 1 aliphatic rings. The van der Waals surface area contributed by atoms with E-state index in [0.29, 0.717) is 0 Å². The van der Waals surface area contributed by atoms with Gasteiger partial charge >= 0.3 is 0 Å². The van der Waals surface area contributed by atoms with E-state index >= 15 is 0 Å². The highest BCUT2D eigenvalue weighted by molar-refractivity contribution is 4.92. The number of hydrogen-bond acceptors (Lipinski definition) is 2. The summed E-state index contributed by atoms with van der Waals surface area (Å²) in [6, 6.07) is 0.748. The summed E-state index contributed by atoms with van der Waals surface area (Å²) >= 11 is 0. The standard InChI is InChI=1S/C10H21NO/c1-4-8-7-9(8)11-6-5-10(2,3)12/h8-9,11-12H,4-7H2,1-3H3. The molecule has 1 rings (SSSR count). The minimum Gasteiger partial charge on any atom is -0.390 e. The first-order chi connectivity index (χ1) is 5.53. The molecule has 12 heavy (non-hydrogen) atoms. The molecule has 1 saturated carbocycles. The fourth-order valence-corrected chi connectivity index (χ4v) is 1.51. The van der Waals surface area contributed by atoms with Crippen molar-refractivity contribution in [3.63, 3.8) is 0 Å². The highest BCUT2D eigenvalue weighted by Gasteiger charge is 2.34. The van der Waals surface area contributed by atoms with Gasteiger partial charge in [-0.25, -0.2) is 0 Å². The Kier molecular flexibility index (Phi) is 3.13. The van der Waals surface area contributed by atoms with Crippen molar-refractivity contribution in [2.45, 2.75) is 51.7 Å².